The van der Waals surface area contributed by atoms with Crippen molar-refractivity contribution in [1.29, 1.82) is 0 Å². The normalized spacial score (nSPS) is 14.3. The van der Waals surface area contributed by atoms with Gasteiger partial charge >= 0.3 is 17.9 Å². The third-order valence-corrected chi connectivity index (χ3v) is 7.02. The summed E-state index contributed by atoms with van der Waals surface area (Å²) in [7, 11) is 0. The van der Waals surface area contributed by atoms with E-state index >= 15 is 0 Å². The molecule has 9 nitrogen and oxygen atoms in total. The topological polar surface area (TPSA) is 140 Å². The highest BCUT2D eigenvalue weighted by molar-refractivity contribution is 5.92. The average Bonchev–Trinajstić information content (AvgIpc) is 2.97. The molecule has 202 valence electrons. The van der Waals surface area contributed by atoms with Crippen LogP contribution in [0.4, 0.5) is 10.5 Å². The summed E-state index contributed by atoms with van der Waals surface area (Å²) in [5.41, 5.74) is 10.1. The van der Waals surface area contributed by atoms with Crippen molar-refractivity contribution >= 4 is 23.6 Å². The first-order valence-corrected chi connectivity index (χ1v) is 13.4. The van der Waals surface area contributed by atoms with Crippen molar-refractivity contribution in [1.82, 2.24) is 5.32 Å². The minimum absolute atomic E-state index is 0.173. The van der Waals surface area contributed by atoms with E-state index in [2.05, 4.69) is 44.9 Å². The molecule has 0 atom stereocenters. The molecule has 0 saturated heterocycles. The number of carbonyl (C=O) groups is 2. The lowest BCUT2D eigenvalue weighted by atomic mass is 9.84. The fourth-order valence-corrected chi connectivity index (χ4v) is 4.92. The van der Waals surface area contributed by atoms with Crippen molar-refractivity contribution in [2.45, 2.75) is 51.0 Å². The molecule has 3 amide bonds. The summed E-state index contributed by atoms with van der Waals surface area (Å²) in [6.07, 6.45) is 7.06. The first-order chi connectivity index (χ1) is 19.0. The molecular formula is C30H36N7O2+. The molecule has 0 aromatic heterocycles. The van der Waals surface area contributed by atoms with Crippen LogP contribution in [0.25, 0.3) is 0 Å². The van der Waals surface area contributed by atoms with Crippen LogP contribution in [-0.2, 0) is 13.0 Å². The van der Waals surface area contributed by atoms with E-state index in [0.29, 0.717) is 24.6 Å². The largest absolute Gasteiger partial charge is 0.414 e. The van der Waals surface area contributed by atoms with Crippen LogP contribution in [0, 0.1) is 0 Å². The van der Waals surface area contributed by atoms with E-state index in [1.54, 1.807) is 17.0 Å². The number of guanidine groups is 1. The molecular weight excluding hydrogens is 490 g/mol. The van der Waals surface area contributed by atoms with Gasteiger partial charge in [0.15, 0.2) is 0 Å². The van der Waals surface area contributed by atoms with E-state index in [1.807, 2.05) is 42.5 Å². The van der Waals surface area contributed by atoms with Gasteiger partial charge in [-0.1, -0.05) is 73.9 Å². The monoisotopic (exact) mass is 526 g/mol. The number of carbonyl (C=O) groups excluding carboxylic acids is 2. The summed E-state index contributed by atoms with van der Waals surface area (Å²) < 4.78 is 0. The van der Waals surface area contributed by atoms with Crippen LogP contribution in [-0.4, -0.2) is 24.4 Å². The maximum Gasteiger partial charge on any atom is 0.414 e. The Morgan fingerprint density at radius 2 is 1.59 bits per heavy atom. The van der Waals surface area contributed by atoms with Gasteiger partial charge in [-0.15, -0.1) is 0 Å². The number of benzene rings is 3. The van der Waals surface area contributed by atoms with E-state index in [-0.39, 0.29) is 12.0 Å². The molecule has 4 rings (SSSR count). The Morgan fingerprint density at radius 3 is 2.26 bits per heavy atom. The molecule has 1 fully saturated rings. The Bertz CT molecular complexity index is 1280. The first-order valence-electron chi connectivity index (χ1n) is 13.4. The third kappa shape index (κ3) is 7.98. The minimum atomic E-state index is -0.430. The van der Waals surface area contributed by atoms with E-state index in [9.17, 15) is 9.59 Å². The molecule has 0 aliphatic heterocycles. The van der Waals surface area contributed by atoms with Gasteiger partial charge in [0.1, 0.15) is 0 Å². The highest BCUT2D eigenvalue weighted by Crippen LogP contribution is 2.33. The van der Waals surface area contributed by atoms with Crippen LogP contribution in [0.5, 0.6) is 0 Å². The van der Waals surface area contributed by atoms with Crippen LogP contribution in [0.2, 0.25) is 0 Å². The standard InChI is InChI=1S/C30H35N7O2/c31-29(35-36-32)34-28(38)26-13-11-23(12-14-26)21-37(30(39)33-20-19-22-7-3-1-4-8-22)27-17-15-25(16-18-27)24-9-5-2-6-10-24/h1,3-4,7-8,11-18,24H,2,5-6,9-10,19-21H2,(H,33,39)(H4,31,32,34,35,38)/p+1. The highest BCUT2D eigenvalue weighted by Gasteiger charge is 2.19. The van der Waals surface area contributed by atoms with Gasteiger partial charge in [0.2, 0.25) is 0 Å². The Kier molecular flexibility index (Phi) is 9.77. The molecule has 0 radical (unpaired) electrons. The quantitative estimate of drug-likeness (QED) is 0.117. The van der Waals surface area contributed by atoms with Crippen molar-refractivity contribution in [2.24, 2.45) is 21.9 Å². The van der Waals surface area contributed by atoms with Gasteiger partial charge in [-0.25, -0.2) is 9.79 Å². The van der Waals surface area contributed by atoms with Gasteiger partial charge < -0.3 is 5.32 Å². The molecule has 0 unspecified atom stereocenters. The molecule has 0 heterocycles. The van der Waals surface area contributed by atoms with Gasteiger partial charge in [0.25, 0.3) is 0 Å². The third-order valence-electron chi connectivity index (χ3n) is 7.02. The predicted molar refractivity (Wildman–Crippen MR) is 152 cm³/mol. The number of hydrogen-bond acceptors (Lipinski definition) is 3. The van der Waals surface area contributed by atoms with E-state index < -0.39 is 5.91 Å². The number of nitrogens with zero attached hydrogens (tertiary/aromatic N) is 3. The zero-order valence-electron chi connectivity index (χ0n) is 22.1. The first kappa shape index (κ1) is 27.5. The Labute approximate surface area is 229 Å². The Balaban J connectivity index is 1.49. The van der Waals surface area contributed by atoms with Crippen LogP contribution in [0.1, 0.15) is 65.1 Å². The lowest BCUT2D eigenvalue weighted by molar-refractivity contribution is -0.347. The second kappa shape index (κ2) is 13.9. The molecule has 0 bridgehead atoms. The molecule has 6 N–H and O–H groups in total. The van der Waals surface area contributed by atoms with Gasteiger partial charge in [-0.3, -0.25) is 21.3 Å². The van der Waals surface area contributed by atoms with Gasteiger partial charge in [-0.2, -0.15) is 0 Å². The minimum Gasteiger partial charge on any atom is -0.337 e. The predicted octanol–water partition coefficient (Wildman–Crippen LogP) is 3.55. The number of rotatable bonds is 8. The molecule has 1 aliphatic rings. The number of urea groups is 1. The Morgan fingerprint density at radius 1 is 0.897 bits per heavy atom. The molecule has 1 saturated carbocycles. The van der Waals surface area contributed by atoms with Crippen molar-refractivity contribution < 1.29 is 14.6 Å². The fourth-order valence-electron chi connectivity index (χ4n) is 4.92. The maximum absolute atomic E-state index is 13.4. The lowest BCUT2D eigenvalue weighted by Crippen LogP contribution is -2.79. The van der Waals surface area contributed by atoms with E-state index in [1.165, 1.54) is 43.2 Å². The highest BCUT2D eigenvalue weighted by atomic mass is 16.2. The summed E-state index contributed by atoms with van der Waals surface area (Å²) >= 11 is 0. The van der Waals surface area contributed by atoms with Crippen molar-refractivity contribution in [3.63, 3.8) is 0 Å². The molecule has 3 aromatic rings. The Hall–Kier alpha value is -4.53. The summed E-state index contributed by atoms with van der Waals surface area (Å²) in [6, 6.07) is 25.3. The number of anilines is 1. The number of nitrogens with one attached hydrogen (secondary N) is 2. The smallest absolute Gasteiger partial charge is 0.337 e. The molecule has 3 aromatic carbocycles. The van der Waals surface area contributed by atoms with Crippen LogP contribution in [0.15, 0.2) is 89.2 Å². The molecule has 39 heavy (non-hydrogen) atoms. The van der Waals surface area contributed by atoms with Crippen LogP contribution >= 0.6 is 0 Å². The summed E-state index contributed by atoms with van der Waals surface area (Å²) in [6.45, 7) is 0.869. The fraction of sp³-hybridized carbons (Fsp3) is 0.300. The van der Waals surface area contributed by atoms with Crippen LogP contribution < -0.4 is 26.8 Å². The zero-order chi connectivity index (χ0) is 27.5. The van der Waals surface area contributed by atoms with E-state index in [4.69, 9.17) is 11.6 Å². The number of hydrogen-bond donors (Lipinski definition) is 4. The van der Waals surface area contributed by atoms with Gasteiger partial charge in [0, 0.05) is 17.5 Å². The van der Waals surface area contributed by atoms with E-state index in [0.717, 1.165) is 17.7 Å². The van der Waals surface area contributed by atoms with Crippen LogP contribution in [0.3, 0.4) is 0 Å². The zero-order valence-corrected chi connectivity index (χ0v) is 22.1. The van der Waals surface area contributed by atoms with Gasteiger partial charge in [0.05, 0.1) is 17.2 Å². The maximum atomic E-state index is 13.4. The SMILES string of the molecule is N/N=N\C(N)=[NH+]C(=O)c1ccc(CN(C(=O)NCCc2ccccc2)c2ccc(C3CCCCC3)cc2)cc1. The van der Waals surface area contributed by atoms with Crippen molar-refractivity contribution in [3.05, 3.63) is 101 Å². The lowest BCUT2D eigenvalue weighted by Gasteiger charge is -2.26. The summed E-state index contributed by atoms with van der Waals surface area (Å²) in [5.74, 6) is 4.93. The van der Waals surface area contributed by atoms with Crippen molar-refractivity contribution in [2.75, 3.05) is 11.4 Å². The summed E-state index contributed by atoms with van der Waals surface area (Å²) in [4.78, 5) is 29.9. The number of nitrogens with two attached hydrogens (primary N) is 2. The summed E-state index contributed by atoms with van der Waals surface area (Å²) in [5, 5.41) is 9.51. The molecule has 9 heteroatoms. The second-order valence-corrected chi connectivity index (χ2v) is 9.73. The van der Waals surface area contributed by atoms with Crippen molar-refractivity contribution in [3.8, 4) is 0 Å². The average molecular weight is 527 g/mol. The molecule has 0 spiro atoms. The van der Waals surface area contributed by atoms with Gasteiger partial charge in [-0.05, 0) is 66.1 Å². The molecule has 1 aliphatic carbocycles. The number of amides is 3. The second-order valence-electron chi connectivity index (χ2n) is 9.73.